The summed E-state index contributed by atoms with van der Waals surface area (Å²) in [4.78, 5) is 24.5. The fourth-order valence-corrected chi connectivity index (χ4v) is 4.97. The zero-order chi connectivity index (χ0) is 25.5. The molecule has 184 valence electrons. The Kier molecular flexibility index (Phi) is 6.43. The highest BCUT2D eigenvalue weighted by atomic mass is 32.2. The minimum Gasteiger partial charge on any atom is -0.342 e. The zero-order valence-corrected chi connectivity index (χ0v) is 20.3. The van der Waals surface area contributed by atoms with Crippen LogP contribution in [0.25, 0.3) is 0 Å². The molecule has 1 amide bonds. The van der Waals surface area contributed by atoms with Crippen LogP contribution in [0.3, 0.4) is 0 Å². The van der Waals surface area contributed by atoms with Gasteiger partial charge >= 0.3 is 0 Å². The molecule has 0 unspecified atom stereocenters. The fraction of sp³-hybridized carbons (Fsp3) is 0.261. The van der Waals surface area contributed by atoms with E-state index in [1.165, 1.54) is 59.6 Å². The number of rotatable bonds is 6. The van der Waals surface area contributed by atoms with E-state index >= 15 is 0 Å². The molecule has 0 fully saturated rings. The van der Waals surface area contributed by atoms with Gasteiger partial charge in [-0.3, -0.25) is 4.79 Å². The summed E-state index contributed by atoms with van der Waals surface area (Å²) in [5.74, 6) is -1.73. The zero-order valence-electron chi connectivity index (χ0n) is 19.5. The van der Waals surface area contributed by atoms with Gasteiger partial charge in [0.1, 0.15) is 23.4 Å². The van der Waals surface area contributed by atoms with Gasteiger partial charge in [-0.25, -0.2) is 26.5 Å². The summed E-state index contributed by atoms with van der Waals surface area (Å²) in [5, 5.41) is 2.99. The molecule has 3 aromatic rings. The van der Waals surface area contributed by atoms with E-state index in [4.69, 9.17) is 0 Å². The van der Waals surface area contributed by atoms with Gasteiger partial charge in [-0.05, 0) is 36.4 Å². The second-order valence-electron chi connectivity index (χ2n) is 8.02. The molecular formula is C23H24F2N6O3S. The molecule has 1 aliphatic rings. The summed E-state index contributed by atoms with van der Waals surface area (Å²) in [6.45, 7) is 2.08. The van der Waals surface area contributed by atoms with Crippen LogP contribution >= 0.6 is 0 Å². The van der Waals surface area contributed by atoms with Crippen LogP contribution in [0.5, 0.6) is 0 Å². The maximum Gasteiger partial charge on any atom is 0.254 e. The lowest BCUT2D eigenvalue weighted by molar-refractivity contribution is -0.120. The van der Waals surface area contributed by atoms with Crippen LogP contribution in [0.1, 0.15) is 18.5 Å². The van der Waals surface area contributed by atoms with Crippen molar-refractivity contribution < 1.29 is 22.0 Å². The maximum absolute atomic E-state index is 14.5. The number of hydrogen-bond acceptors (Lipinski definition) is 7. The summed E-state index contributed by atoms with van der Waals surface area (Å²) in [6, 6.07) is 8.28. The predicted molar refractivity (Wildman–Crippen MR) is 128 cm³/mol. The standard InChI is InChI=1S/C23H24F2N6O3S/c1-5-29(2)35(33,34)15-11-9-14(10-12-15)27-23-26-13-18-21(28-23)31(4)20(22(32)30(18)3)19-16(24)7-6-8-17(19)25/h6-13,20H,5H2,1-4H3,(H,26,27,28)/t20-/m1/s1. The normalized spacial score (nSPS) is 16.0. The molecule has 0 radical (unpaired) electrons. The molecule has 0 aliphatic carbocycles. The summed E-state index contributed by atoms with van der Waals surface area (Å²) in [6.07, 6.45) is 1.43. The highest BCUT2D eigenvalue weighted by molar-refractivity contribution is 7.89. The number of sulfonamides is 1. The smallest absolute Gasteiger partial charge is 0.254 e. The van der Waals surface area contributed by atoms with Crippen LogP contribution in [0.4, 0.5) is 31.9 Å². The number of nitrogens with one attached hydrogen (secondary N) is 1. The van der Waals surface area contributed by atoms with Gasteiger partial charge in [-0.15, -0.1) is 0 Å². The number of hydrogen-bond donors (Lipinski definition) is 1. The molecule has 0 saturated carbocycles. The number of likely N-dealkylation sites (N-methyl/N-ethyl adjacent to an activating group) is 2. The van der Waals surface area contributed by atoms with E-state index in [2.05, 4.69) is 15.3 Å². The molecule has 2 heterocycles. The fourth-order valence-electron chi connectivity index (χ4n) is 3.79. The van der Waals surface area contributed by atoms with Crippen LogP contribution < -0.4 is 15.1 Å². The molecule has 0 spiro atoms. The van der Waals surface area contributed by atoms with E-state index in [9.17, 15) is 22.0 Å². The van der Waals surface area contributed by atoms with Crippen molar-refractivity contribution in [2.75, 3.05) is 42.8 Å². The van der Waals surface area contributed by atoms with Gasteiger partial charge in [-0.2, -0.15) is 4.98 Å². The first-order chi connectivity index (χ1) is 16.6. The first kappa shape index (κ1) is 24.5. The molecule has 12 heteroatoms. The van der Waals surface area contributed by atoms with Crippen LogP contribution in [0.15, 0.2) is 53.6 Å². The molecule has 1 N–H and O–H groups in total. The third-order valence-electron chi connectivity index (χ3n) is 5.93. The van der Waals surface area contributed by atoms with E-state index in [0.29, 0.717) is 23.7 Å². The molecule has 35 heavy (non-hydrogen) atoms. The van der Waals surface area contributed by atoms with Gasteiger partial charge in [0, 0.05) is 33.4 Å². The van der Waals surface area contributed by atoms with Crippen LogP contribution in [-0.2, 0) is 14.8 Å². The summed E-state index contributed by atoms with van der Waals surface area (Å²) < 4.78 is 55.2. The number of carbonyl (C=O) groups excluding carboxylic acids is 1. The number of aromatic nitrogens is 2. The predicted octanol–water partition coefficient (Wildman–Crippen LogP) is 3.29. The quantitative estimate of drug-likeness (QED) is 0.552. The number of carbonyl (C=O) groups is 1. The molecule has 2 aromatic carbocycles. The third-order valence-corrected chi connectivity index (χ3v) is 7.88. The van der Waals surface area contributed by atoms with Gasteiger partial charge < -0.3 is 15.1 Å². The highest BCUT2D eigenvalue weighted by Gasteiger charge is 2.40. The first-order valence-corrected chi connectivity index (χ1v) is 12.1. The van der Waals surface area contributed by atoms with Crippen LogP contribution in [-0.4, -0.2) is 56.3 Å². The van der Waals surface area contributed by atoms with E-state index < -0.39 is 33.6 Å². The van der Waals surface area contributed by atoms with E-state index in [1.807, 2.05) is 0 Å². The van der Waals surface area contributed by atoms with Crippen molar-refractivity contribution >= 4 is 39.1 Å². The van der Waals surface area contributed by atoms with Crippen LogP contribution in [0, 0.1) is 11.6 Å². The van der Waals surface area contributed by atoms with Crippen molar-refractivity contribution in [3.8, 4) is 0 Å². The van der Waals surface area contributed by atoms with Crippen molar-refractivity contribution in [1.82, 2.24) is 14.3 Å². The number of nitrogens with zero attached hydrogens (tertiary/aromatic N) is 5. The van der Waals surface area contributed by atoms with Crippen LogP contribution in [0.2, 0.25) is 0 Å². The Bertz CT molecular complexity index is 1360. The van der Waals surface area contributed by atoms with Gasteiger partial charge in [-0.1, -0.05) is 13.0 Å². The Labute approximate surface area is 202 Å². The van der Waals surface area contributed by atoms with Gasteiger partial charge in [0.05, 0.1) is 16.7 Å². The van der Waals surface area contributed by atoms with Crippen molar-refractivity contribution in [1.29, 1.82) is 0 Å². The molecule has 1 atom stereocenters. The lowest BCUT2D eigenvalue weighted by Crippen LogP contribution is -2.46. The molecular weight excluding hydrogens is 478 g/mol. The van der Waals surface area contributed by atoms with E-state index in [0.717, 1.165) is 12.1 Å². The molecule has 1 aromatic heterocycles. The van der Waals surface area contributed by atoms with Crippen molar-refractivity contribution in [2.45, 2.75) is 17.9 Å². The summed E-state index contributed by atoms with van der Waals surface area (Å²) in [7, 11) is 0.939. The van der Waals surface area contributed by atoms with Crippen molar-refractivity contribution in [3.63, 3.8) is 0 Å². The Morgan fingerprint density at radius 3 is 2.31 bits per heavy atom. The maximum atomic E-state index is 14.5. The minimum absolute atomic E-state index is 0.147. The second-order valence-corrected chi connectivity index (χ2v) is 10.1. The third kappa shape index (κ3) is 4.30. The first-order valence-electron chi connectivity index (χ1n) is 10.7. The monoisotopic (exact) mass is 502 g/mol. The Hall–Kier alpha value is -3.64. The van der Waals surface area contributed by atoms with Crippen molar-refractivity contribution in [2.24, 2.45) is 0 Å². The topological polar surface area (TPSA) is 98.7 Å². The molecule has 0 saturated heterocycles. The number of anilines is 4. The minimum atomic E-state index is -3.58. The largest absolute Gasteiger partial charge is 0.342 e. The Morgan fingerprint density at radius 2 is 1.71 bits per heavy atom. The van der Waals surface area contributed by atoms with E-state index in [1.54, 1.807) is 19.1 Å². The van der Waals surface area contributed by atoms with Gasteiger partial charge in [0.2, 0.25) is 16.0 Å². The average Bonchev–Trinajstić information content (AvgIpc) is 2.84. The Morgan fingerprint density at radius 1 is 1.09 bits per heavy atom. The number of fused-ring (bicyclic) bond motifs is 1. The lowest BCUT2D eigenvalue weighted by atomic mass is 10.0. The molecule has 9 nitrogen and oxygen atoms in total. The Balaban J connectivity index is 1.65. The number of halogens is 2. The molecule has 1 aliphatic heterocycles. The molecule has 4 rings (SSSR count). The summed E-state index contributed by atoms with van der Waals surface area (Å²) >= 11 is 0. The number of amides is 1. The summed E-state index contributed by atoms with van der Waals surface area (Å²) in [5.41, 5.74) is 0.544. The lowest BCUT2D eigenvalue weighted by Gasteiger charge is -2.38. The SMILES string of the molecule is CCN(C)S(=O)(=O)c1ccc(Nc2ncc3c(n2)N(C)[C@H](c2c(F)cccc2F)C(=O)N3C)cc1. The average molecular weight is 503 g/mol. The highest BCUT2D eigenvalue weighted by Crippen LogP contribution is 2.40. The molecule has 0 bridgehead atoms. The van der Waals surface area contributed by atoms with Gasteiger partial charge in [0.15, 0.2) is 5.82 Å². The second kappa shape index (κ2) is 9.19. The van der Waals surface area contributed by atoms with Gasteiger partial charge in [0.25, 0.3) is 5.91 Å². The van der Waals surface area contributed by atoms with E-state index in [-0.39, 0.29) is 16.4 Å². The van der Waals surface area contributed by atoms with Crippen molar-refractivity contribution in [3.05, 3.63) is 65.9 Å². The number of benzene rings is 2.